The molecule has 1 unspecified atom stereocenters. The number of aromatic hydroxyl groups is 1. The number of aromatic nitrogens is 2. The molecule has 160 valence electrons. The maximum atomic E-state index is 10.6. The van der Waals surface area contributed by atoms with E-state index in [1.807, 2.05) is 25.1 Å². The Labute approximate surface area is 174 Å². The predicted octanol–water partition coefficient (Wildman–Crippen LogP) is 3.08. The van der Waals surface area contributed by atoms with Gasteiger partial charge in [0, 0.05) is 36.9 Å². The molecule has 5 N–H and O–H groups in total. The van der Waals surface area contributed by atoms with Crippen molar-refractivity contribution in [2.24, 2.45) is 0 Å². The van der Waals surface area contributed by atoms with Gasteiger partial charge < -0.3 is 26.2 Å². The minimum absolute atomic E-state index is 0.109. The number of phenols is 1. The van der Waals surface area contributed by atoms with Gasteiger partial charge >= 0.3 is 0 Å². The van der Waals surface area contributed by atoms with Crippen LogP contribution in [0.1, 0.15) is 55.5 Å². The lowest BCUT2D eigenvalue weighted by molar-refractivity contribution is 0.276. The van der Waals surface area contributed by atoms with Gasteiger partial charge in [0.05, 0.1) is 0 Å². The quantitative estimate of drug-likeness (QED) is 0.458. The highest BCUT2D eigenvalue weighted by molar-refractivity contribution is 5.53. The van der Waals surface area contributed by atoms with Gasteiger partial charge in [-0.05, 0) is 50.6 Å². The molecule has 0 aliphatic rings. The number of phenolic OH excluding ortho intramolecular Hbond substituents is 1. The van der Waals surface area contributed by atoms with Crippen LogP contribution in [-0.2, 0) is 13.0 Å². The van der Waals surface area contributed by atoms with Crippen molar-refractivity contribution in [2.75, 3.05) is 31.2 Å². The second kappa shape index (κ2) is 11.0. The van der Waals surface area contributed by atoms with Crippen LogP contribution in [0.2, 0.25) is 0 Å². The van der Waals surface area contributed by atoms with Crippen LogP contribution >= 0.6 is 0 Å². The number of benzene rings is 1. The monoisotopic (exact) mass is 401 g/mol. The molecular weight excluding hydrogens is 366 g/mol. The Balaban J connectivity index is 2.30. The van der Waals surface area contributed by atoms with Crippen molar-refractivity contribution < 1.29 is 10.2 Å². The minimum atomic E-state index is 0.109. The molecule has 0 spiro atoms. The van der Waals surface area contributed by atoms with Crippen LogP contribution in [0.15, 0.2) is 18.2 Å². The summed E-state index contributed by atoms with van der Waals surface area (Å²) in [6.45, 7) is 7.98. The van der Waals surface area contributed by atoms with Crippen LogP contribution in [0.25, 0.3) is 0 Å². The van der Waals surface area contributed by atoms with Gasteiger partial charge in [-0.15, -0.1) is 0 Å². The van der Waals surface area contributed by atoms with Gasteiger partial charge in [0.15, 0.2) is 0 Å². The third-order valence-electron chi connectivity index (χ3n) is 5.20. The lowest BCUT2D eigenvalue weighted by Gasteiger charge is -2.21. The average Bonchev–Trinajstić information content (AvgIpc) is 2.66. The number of aryl methyl sites for hydroxylation is 1. The van der Waals surface area contributed by atoms with E-state index in [1.54, 1.807) is 0 Å². The molecule has 0 radical (unpaired) electrons. The number of nitrogen functional groups attached to an aromatic ring is 1. The molecule has 0 aliphatic carbocycles. The van der Waals surface area contributed by atoms with E-state index in [1.165, 1.54) is 0 Å². The van der Waals surface area contributed by atoms with Crippen molar-refractivity contribution in [3.63, 3.8) is 0 Å². The van der Waals surface area contributed by atoms with Crippen molar-refractivity contribution >= 4 is 11.8 Å². The van der Waals surface area contributed by atoms with E-state index in [-0.39, 0.29) is 24.3 Å². The maximum absolute atomic E-state index is 10.6. The molecule has 7 heteroatoms. The summed E-state index contributed by atoms with van der Waals surface area (Å²) >= 11 is 0. The summed E-state index contributed by atoms with van der Waals surface area (Å²) < 4.78 is 0. The number of nitrogens with one attached hydrogen (secondary N) is 1. The smallest absolute Gasteiger partial charge is 0.222 e. The zero-order valence-electron chi connectivity index (χ0n) is 18.1. The minimum Gasteiger partial charge on any atom is -0.508 e. The summed E-state index contributed by atoms with van der Waals surface area (Å²) in [5, 5.41) is 23.4. The molecule has 2 aromatic rings. The van der Waals surface area contributed by atoms with Crippen molar-refractivity contribution in [3.05, 3.63) is 40.6 Å². The van der Waals surface area contributed by atoms with Gasteiger partial charge in [-0.3, -0.25) is 0 Å². The van der Waals surface area contributed by atoms with E-state index in [0.717, 1.165) is 48.3 Å². The second-order valence-electron chi connectivity index (χ2n) is 7.61. The van der Waals surface area contributed by atoms with Gasteiger partial charge in [-0.2, -0.15) is 4.98 Å². The fraction of sp³-hybridized carbons (Fsp3) is 0.545. The first-order valence-electron chi connectivity index (χ1n) is 10.4. The van der Waals surface area contributed by atoms with E-state index in [9.17, 15) is 10.2 Å². The van der Waals surface area contributed by atoms with Gasteiger partial charge in [0.25, 0.3) is 0 Å². The zero-order valence-corrected chi connectivity index (χ0v) is 18.1. The van der Waals surface area contributed by atoms with Crippen LogP contribution in [0.5, 0.6) is 5.75 Å². The first kappa shape index (κ1) is 22.9. The van der Waals surface area contributed by atoms with E-state index < -0.39 is 0 Å². The summed E-state index contributed by atoms with van der Waals surface area (Å²) in [6.07, 6.45) is 3.07. The van der Waals surface area contributed by atoms with Crippen LogP contribution in [-0.4, -0.2) is 51.3 Å². The van der Waals surface area contributed by atoms with E-state index in [0.29, 0.717) is 18.7 Å². The number of hydrogen-bond acceptors (Lipinski definition) is 7. The molecule has 0 fully saturated rings. The molecule has 0 bridgehead atoms. The van der Waals surface area contributed by atoms with Gasteiger partial charge in [-0.25, -0.2) is 4.98 Å². The van der Waals surface area contributed by atoms with Gasteiger partial charge in [0.1, 0.15) is 11.6 Å². The number of nitrogens with two attached hydrogens (primary N) is 1. The Bertz CT molecular complexity index is 791. The first-order valence-corrected chi connectivity index (χ1v) is 10.4. The van der Waals surface area contributed by atoms with Crippen molar-refractivity contribution in [2.45, 2.75) is 59.0 Å². The fourth-order valence-corrected chi connectivity index (χ4v) is 3.41. The van der Waals surface area contributed by atoms with Crippen molar-refractivity contribution in [1.82, 2.24) is 14.9 Å². The molecule has 0 aliphatic heterocycles. The van der Waals surface area contributed by atoms with Gasteiger partial charge in [-0.1, -0.05) is 32.4 Å². The summed E-state index contributed by atoms with van der Waals surface area (Å²) in [4.78, 5) is 10.9. The van der Waals surface area contributed by atoms with Crippen molar-refractivity contribution in [3.8, 4) is 5.75 Å². The Morgan fingerprint density at radius 2 is 1.97 bits per heavy atom. The first-order chi connectivity index (χ1) is 13.9. The van der Waals surface area contributed by atoms with Gasteiger partial charge in [0.2, 0.25) is 5.95 Å². The molecule has 1 heterocycles. The number of anilines is 2. The Hall–Kier alpha value is -2.38. The third-order valence-corrected chi connectivity index (χ3v) is 5.20. The number of aliphatic hydroxyl groups is 1. The predicted molar refractivity (Wildman–Crippen MR) is 118 cm³/mol. The summed E-state index contributed by atoms with van der Waals surface area (Å²) in [6, 6.07) is 5.95. The number of aliphatic hydroxyl groups excluding tert-OH is 1. The summed E-state index contributed by atoms with van der Waals surface area (Å²) in [5.41, 5.74) is 9.48. The molecule has 1 aromatic carbocycles. The van der Waals surface area contributed by atoms with E-state index in [4.69, 9.17) is 5.73 Å². The molecule has 7 nitrogen and oxygen atoms in total. The topological polar surface area (TPSA) is 108 Å². The molecule has 1 atom stereocenters. The molecule has 2 rings (SSSR count). The highest BCUT2D eigenvalue weighted by atomic mass is 16.3. The normalized spacial score (nSPS) is 12.3. The largest absolute Gasteiger partial charge is 0.508 e. The Morgan fingerprint density at radius 3 is 2.59 bits per heavy atom. The fourth-order valence-electron chi connectivity index (χ4n) is 3.41. The molecule has 0 saturated carbocycles. The molecule has 29 heavy (non-hydrogen) atoms. The Kier molecular flexibility index (Phi) is 8.67. The van der Waals surface area contributed by atoms with Crippen molar-refractivity contribution in [1.29, 1.82) is 0 Å². The Morgan fingerprint density at radius 1 is 1.21 bits per heavy atom. The lowest BCUT2D eigenvalue weighted by Crippen LogP contribution is -2.23. The highest BCUT2D eigenvalue weighted by Crippen LogP contribution is 2.28. The SMILES string of the molecule is CCCC(CCO)Nc1nc(N)nc(C)c1Cc1ccc(CN(C)CC)cc1O. The molecule has 0 saturated heterocycles. The number of nitrogens with zero attached hydrogens (tertiary/aromatic N) is 3. The highest BCUT2D eigenvalue weighted by Gasteiger charge is 2.17. The summed E-state index contributed by atoms with van der Waals surface area (Å²) in [5.74, 6) is 1.17. The van der Waals surface area contributed by atoms with Crippen LogP contribution < -0.4 is 11.1 Å². The third kappa shape index (κ3) is 6.58. The molecule has 0 amide bonds. The number of hydrogen-bond donors (Lipinski definition) is 4. The number of rotatable bonds is 11. The van der Waals surface area contributed by atoms with Crippen LogP contribution in [0.4, 0.5) is 11.8 Å². The standard InChI is InChI=1S/C22H35N5O2/c1-5-7-18(10-11-28)25-21-19(15(3)24-22(23)26-21)13-17-9-8-16(12-20(17)29)14-27(4)6-2/h8-9,12,18,28-29H,5-7,10-11,13-14H2,1-4H3,(H3,23,24,25,26). The zero-order chi connectivity index (χ0) is 21.4. The second-order valence-corrected chi connectivity index (χ2v) is 7.61. The van der Waals surface area contributed by atoms with Crippen LogP contribution in [0, 0.1) is 6.92 Å². The summed E-state index contributed by atoms with van der Waals surface area (Å²) in [7, 11) is 2.05. The van der Waals surface area contributed by atoms with E-state index in [2.05, 4.69) is 41.1 Å². The van der Waals surface area contributed by atoms with Crippen LogP contribution in [0.3, 0.4) is 0 Å². The molecular formula is C22H35N5O2. The average molecular weight is 402 g/mol. The lowest BCUT2D eigenvalue weighted by atomic mass is 10.0. The van der Waals surface area contributed by atoms with E-state index >= 15 is 0 Å². The maximum Gasteiger partial charge on any atom is 0.222 e. The molecule has 1 aromatic heterocycles.